The summed E-state index contributed by atoms with van der Waals surface area (Å²) in [5, 5.41) is 110. The maximum Gasteiger partial charge on any atom is 0.472 e. The van der Waals surface area contributed by atoms with E-state index in [0.717, 1.165) is 116 Å². The number of allylic oxidation sites excluding steroid dienone is 2. The number of carbonyl (C=O) groups excluding carboxylic acids is 3. The minimum absolute atomic E-state index is 0.0326. The third-order valence-electron chi connectivity index (χ3n) is 19.8. The number of aliphatic hydroxyl groups excluding tert-OH is 10. The highest BCUT2D eigenvalue weighted by Gasteiger charge is 2.58. The van der Waals surface area contributed by atoms with Crippen molar-refractivity contribution in [1.82, 2.24) is 0 Å². The Morgan fingerprint density at radius 3 is 1.08 bits per heavy atom. The van der Waals surface area contributed by atoms with Crippen molar-refractivity contribution in [3.63, 3.8) is 0 Å². The van der Waals surface area contributed by atoms with Crippen molar-refractivity contribution in [2.45, 2.75) is 427 Å². The Morgan fingerprint density at radius 1 is 0.376 bits per heavy atom. The zero-order valence-electron chi connectivity index (χ0n) is 62.2. The van der Waals surface area contributed by atoms with Gasteiger partial charge >= 0.3 is 25.7 Å². The van der Waals surface area contributed by atoms with Crippen LogP contribution in [0, 0.1) is 0 Å². The molecule has 1 saturated carbocycles. The average Bonchev–Trinajstić information content (AvgIpc) is 0.761. The zero-order chi connectivity index (χ0) is 73.9. The summed E-state index contributed by atoms with van der Waals surface area (Å²) >= 11 is 0. The van der Waals surface area contributed by atoms with Crippen LogP contribution in [-0.2, 0) is 61.2 Å². The first kappa shape index (κ1) is 92.9. The Labute approximate surface area is 605 Å². The lowest BCUT2D eigenvalue weighted by molar-refractivity contribution is -0.360. The highest BCUT2D eigenvalue weighted by molar-refractivity contribution is 7.47. The van der Waals surface area contributed by atoms with E-state index in [2.05, 4.69) is 32.9 Å². The molecule has 2 heterocycles. The molecule has 0 aromatic rings. The highest BCUT2D eigenvalue weighted by atomic mass is 31.2. The van der Waals surface area contributed by atoms with Crippen LogP contribution in [0.1, 0.15) is 323 Å². The van der Waals surface area contributed by atoms with Crippen LogP contribution in [0.3, 0.4) is 0 Å². The molecule has 0 aromatic carbocycles. The Kier molecular flexibility index (Phi) is 53.2. The van der Waals surface area contributed by atoms with Gasteiger partial charge in [0.05, 0.1) is 13.2 Å². The predicted molar refractivity (Wildman–Crippen MR) is 384 cm³/mol. The van der Waals surface area contributed by atoms with Gasteiger partial charge in [-0.15, -0.1) is 0 Å². The minimum atomic E-state index is -5.70. The number of rotatable bonds is 63. The minimum Gasteiger partial charge on any atom is -0.463 e. The van der Waals surface area contributed by atoms with Crippen molar-refractivity contribution >= 4 is 25.7 Å². The summed E-state index contributed by atoms with van der Waals surface area (Å²) in [6.45, 7) is 3.47. The van der Waals surface area contributed by atoms with E-state index in [4.69, 9.17) is 42.2 Å². The van der Waals surface area contributed by atoms with Crippen LogP contribution in [0.15, 0.2) is 12.2 Å². The third-order valence-corrected chi connectivity index (χ3v) is 20.8. The molecule has 18 atom stereocenters. The Morgan fingerprint density at radius 2 is 0.693 bits per heavy atom. The highest BCUT2D eigenvalue weighted by Crippen LogP contribution is 2.49. The van der Waals surface area contributed by atoms with Crippen LogP contribution >= 0.6 is 7.82 Å². The fraction of sp³-hybridized carbons (Fsp3) is 0.934. The van der Waals surface area contributed by atoms with Crippen molar-refractivity contribution in [3.05, 3.63) is 12.2 Å². The molecule has 24 nitrogen and oxygen atoms in total. The molecule has 594 valence electrons. The van der Waals surface area contributed by atoms with Gasteiger partial charge in [-0.3, -0.25) is 23.4 Å². The van der Waals surface area contributed by atoms with E-state index in [1.807, 2.05) is 0 Å². The molecule has 3 fully saturated rings. The van der Waals surface area contributed by atoms with E-state index in [9.17, 15) is 74.9 Å². The molecular formula is C76H141O24P. The molecule has 0 amide bonds. The molecule has 0 radical (unpaired) electrons. The first-order chi connectivity index (χ1) is 48.8. The van der Waals surface area contributed by atoms with Gasteiger partial charge in [0.2, 0.25) is 0 Å². The van der Waals surface area contributed by atoms with Gasteiger partial charge in [0.1, 0.15) is 98.7 Å². The molecule has 1 aliphatic carbocycles. The summed E-state index contributed by atoms with van der Waals surface area (Å²) in [5.41, 5.74) is 0. The molecule has 3 rings (SSSR count). The number of esters is 3. The quantitative estimate of drug-likeness (QED) is 0.00886. The lowest BCUT2D eigenvalue weighted by atomic mass is 9.84. The van der Waals surface area contributed by atoms with Gasteiger partial charge in [-0.25, -0.2) is 4.57 Å². The monoisotopic (exact) mass is 1470 g/mol. The lowest BCUT2D eigenvalue weighted by Gasteiger charge is -2.49. The summed E-state index contributed by atoms with van der Waals surface area (Å²) in [4.78, 5) is 51.1. The molecule has 101 heavy (non-hydrogen) atoms. The van der Waals surface area contributed by atoms with Gasteiger partial charge in [-0.2, -0.15) is 0 Å². The van der Waals surface area contributed by atoms with Gasteiger partial charge in [-0.05, 0) is 44.9 Å². The van der Waals surface area contributed by atoms with Crippen LogP contribution in [-0.4, -0.2) is 204 Å². The van der Waals surface area contributed by atoms with E-state index in [1.165, 1.54) is 148 Å². The van der Waals surface area contributed by atoms with Crippen molar-refractivity contribution in [1.29, 1.82) is 0 Å². The van der Waals surface area contributed by atoms with Crippen molar-refractivity contribution < 1.29 is 117 Å². The maximum atomic E-state index is 14.4. The molecular weight excluding hydrogens is 1330 g/mol. The topological polar surface area (TPSA) is 374 Å². The molecule has 2 saturated heterocycles. The van der Waals surface area contributed by atoms with E-state index in [1.54, 1.807) is 0 Å². The van der Waals surface area contributed by atoms with Crippen LogP contribution in [0.2, 0.25) is 0 Å². The summed E-state index contributed by atoms with van der Waals surface area (Å²) in [6, 6.07) is 0. The largest absolute Gasteiger partial charge is 0.472 e. The summed E-state index contributed by atoms with van der Waals surface area (Å²) in [5.74, 6) is -1.98. The predicted octanol–water partition coefficient (Wildman–Crippen LogP) is 11.9. The Balaban J connectivity index is 1.71. The fourth-order valence-corrected chi connectivity index (χ4v) is 14.2. The zero-order valence-corrected chi connectivity index (χ0v) is 63.1. The van der Waals surface area contributed by atoms with Gasteiger partial charge in [0.15, 0.2) is 18.7 Å². The number of carbonyl (C=O) groups is 3. The van der Waals surface area contributed by atoms with Gasteiger partial charge in [0.25, 0.3) is 0 Å². The molecule has 3 aliphatic rings. The first-order valence-electron chi connectivity index (χ1n) is 40.0. The molecule has 0 aromatic heterocycles. The first-order valence-corrected chi connectivity index (χ1v) is 41.5. The molecule has 2 aliphatic heterocycles. The number of hydrogen-bond donors (Lipinski definition) is 11. The van der Waals surface area contributed by atoms with Crippen molar-refractivity contribution in [3.8, 4) is 0 Å². The maximum absolute atomic E-state index is 14.4. The fourth-order valence-electron chi connectivity index (χ4n) is 13.3. The number of aliphatic hydroxyl groups is 10. The summed E-state index contributed by atoms with van der Waals surface area (Å²) in [7, 11) is -5.70. The summed E-state index contributed by atoms with van der Waals surface area (Å²) in [6.07, 6.45) is 18.2. The normalized spacial score (nSPS) is 27.2. The number of ether oxygens (including phenoxy) is 7. The molecule has 0 bridgehead atoms. The Hall–Kier alpha value is -2.30. The van der Waals surface area contributed by atoms with Crippen molar-refractivity contribution in [2.24, 2.45) is 0 Å². The summed E-state index contributed by atoms with van der Waals surface area (Å²) < 4.78 is 65.2. The van der Waals surface area contributed by atoms with E-state index in [-0.39, 0.29) is 19.3 Å². The SMILES string of the molecule is CCCCCC/C=C\CCCCCCCCCC(=O)OCC(COP(=O)(O)OC1C(OC2OC(CO)C(O)C(O)C2O)C(O)C(O)C(O)C1OC1OC(COC(=O)CCCCCCCCCCCCCCCC)C(O)C(O)C1O)OC(=O)CCCCCCCCCCCCCCCCCCC. The number of phosphoric ester groups is 1. The van der Waals surface area contributed by atoms with Gasteiger partial charge in [-0.1, -0.05) is 270 Å². The van der Waals surface area contributed by atoms with E-state index < -0.39 is 156 Å². The molecule has 18 unspecified atom stereocenters. The van der Waals surface area contributed by atoms with Gasteiger partial charge < -0.3 is 89.1 Å². The molecule has 0 spiro atoms. The van der Waals surface area contributed by atoms with E-state index in [0.29, 0.717) is 19.3 Å². The second-order valence-electron chi connectivity index (χ2n) is 28.8. The standard InChI is InChI=1S/C76H141O24P/c1-4-7-10-13-16-19-22-25-28-29-31-34-37-40-43-46-49-52-62(80)95-57(54-92-60(78)50-47-44-41-38-36-33-30-26-23-20-17-14-11-8-5-2)55-94-101(90,91)100-74-72(98-75-70(88)65(83)63(81)58(53-77)96-75)68(86)67(85)69(87)73(74)99-76-71(89)66(84)64(82)59(97-76)56-93-61(79)51-48-45-42-39-35-32-27-24-21-18-15-12-9-6-3/h20,23,57-59,63-77,81-89H,4-19,21-22,24-56H2,1-3H3,(H,90,91)/b23-20-. The Bertz CT molecular complexity index is 2130. The van der Waals surface area contributed by atoms with Crippen LogP contribution in [0.4, 0.5) is 0 Å². The van der Waals surface area contributed by atoms with Crippen LogP contribution < -0.4 is 0 Å². The number of phosphoric acid groups is 1. The number of hydrogen-bond acceptors (Lipinski definition) is 23. The second kappa shape index (κ2) is 57.8. The number of unbranched alkanes of at least 4 members (excludes halogenated alkanes) is 40. The second-order valence-corrected chi connectivity index (χ2v) is 30.2. The van der Waals surface area contributed by atoms with Crippen LogP contribution in [0.25, 0.3) is 0 Å². The van der Waals surface area contributed by atoms with Crippen LogP contribution in [0.5, 0.6) is 0 Å². The lowest BCUT2D eigenvalue weighted by Crippen LogP contribution is -2.69. The molecule has 11 N–H and O–H groups in total. The van der Waals surface area contributed by atoms with E-state index >= 15 is 0 Å². The smallest absolute Gasteiger partial charge is 0.463 e. The average molecular weight is 1470 g/mol. The van der Waals surface area contributed by atoms with Gasteiger partial charge in [0, 0.05) is 19.3 Å². The van der Waals surface area contributed by atoms with Crippen molar-refractivity contribution in [2.75, 3.05) is 26.4 Å². The molecule has 25 heteroatoms. The third kappa shape index (κ3) is 40.5.